The van der Waals surface area contributed by atoms with Crippen molar-refractivity contribution in [2.45, 2.75) is 53.5 Å². The Morgan fingerprint density at radius 3 is 2.62 bits per heavy atom. The third kappa shape index (κ3) is 6.63. The molecule has 0 saturated carbocycles. The molecule has 0 aliphatic carbocycles. The first-order chi connectivity index (χ1) is 12.2. The highest BCUT2D eigenvalue weighted by Crippen LogP contribution is 2.16. The normalized spacial score (nSPS) is 11.2. The Morgan fingerprint density at radius 2 is 1.96 bits per heavy atom. The summed E-state index contributed by atoms with van der Waals surface area (Å²) in [6, 6.07) is 8.62. The molecule has 2 aromatic rings. The quantitative estimate of drug-likeness (QED) is 0.348. The summed E-state index contributed by atoms with van der Waals surface area (Å²) >= 11 is 0. The van der Waals surface area contributed by atoms with Crippen molar-refractivity contribution in [2.75, 3.05) is 13.1 Å². The summed E-state index contributed by atoms with van der Waals surface area (Å²) in [7, 11) is 0. The van der Waals surface area contributed by atoms with E-state index in [4.69, 9.17) is 9.52 Å². The summed E-state index contributed by atoms with van der Waals surface area (Å²) in [6.07, 6.45) is 2.68. The minimum atomic E-state index is 0. The number of rotatable bonds is 8. The lowest BCUT2D eigenvalue weighted by Gasteiger charge is -2.11. The summed E-state index contributed by atoms with van der Waals surface area (Å²) in [6.45, 7) is 10.6. The van der Waals surface area contributed by atoms with Gasteiger partial charge in [0.15, 0.2) is 5.96 Å². The van der Waals surface area contributed by atoms with E-state index in [9.17, 15) is 0 Å². The van der Waals surface area contributed by atoms with Crippen molar-refractivity contribution in [1.29, 1.82) is 0 Å². The van der Waals surface area contributed by atoms with E-state index in [-0.39, 0.29) is 24.0 Å². The molecule has 1 aromatic heterocycles. The summed E-state index contributed by atoms with van der Waals surface area (Å²) in [5.74, 6) is 1.77. The van der Waals surface area contributed by atoms with Gasteiger partial charge in [-0.3, -0.25) is 0 Å². The average Bonchev–Trinajstić information content (AvgIpc) is 3.01. The number of hydrogen-bond donors (Lipinski definition) is 2. The van der Waals surface area contributed by atoms with Crippen LogP contribution in [-0.4, -0.2) is 24.2 Å². The van der Waals surface area contributed by atoms with E-state index < -0.39 is 0 Å². The van der Waals surface area contributed by atoms with Gasteiger partial charge in [0.2, 0.25) is 0 Å². The van der Waals surface area contributed by atoms with Gasteiger partial charge in [-0.1, -0.05) is 48.8 Å². The Balaban J connectivity index is 0.00000338. The fraction of sp³-hybridized carbons (Fsp3) is 0.500. The Bertz CT molecular complexity index is 675. The second-order valence-electron chi connectivity index (χ2n) is 6.10. The van der Waals surface area contributed by atoms with Gasteiger partial charge < -0.3 is 15.2 Å². The van der Waals surface area contributed by atoms with Crippen LogP contribution in [0, 0.1) is 6.92 Å². The van der Waals surface area contributed by atoms with Crippen molar-refractivity contribution in [1.82, 2.24) is 15.8 Å². The predicted octanol–water partition coefficient (Wildman–Crippen LogP) is 4.02. The zero-order valence-electron chi connectivity index (χ0n) is 16.3. The van der Waals surface area contributed by atoms with Crippen molar-refractivity contribution < 1.29 is 4.52 Å². The van der Waals surface area contributed by atoms with Gasteiger partial charge >= 0.3 is 0 Å². The van der Waals surface area contributed by atoms with Gasteiger partial charge in [0.05, 0.1) is 12.2 Å². The van der Waals surface area contributed by atoms with Crippen molar-refractivity contribution in [3.05, 3.63) is 52.4 Å². The highest BCUT2D eigenvalue weighted by atomic mass is 127. The number of aliphatic imine (C=N–C) groups is 1. The third-order valence-electron chi connectivity index (χ3n) is 4.14. The maximum atomic E-state index is 5.42. The van der Waals surface area contributed by atoms with Crippen molar-refractivity contribution >= 4 is 29.9 Å². The monoisotopic (exact) mass is 470 g/mol. The van der Waals surface area contributed by atoms with Crippen LogP contribution in [0.15, 0.2) is 33.8 Å². The lowest BCUT2D eigenvalue weighted by molar-refractivity contribution is 0.380. The minimum absolute atomic E-state index is 0. The smallest absolute Gasteiger partial charge is 0.191 e. The van der Waals surface area contributed by atoms with Crippen LogP contribution in [0.25, 0.3) is 0 Å². The average molecular weight is 470 g/mol. The number of aromatic nitrogens is 1. The van der Waals surface area contributed by atoms with Gasteiger partial charge in [0.25, 0.3) is 0 Å². The number of hydrogen-bond acceptors (Lipinski definition) is 3. The molecule has 1 heterocycles. The molecule has 0 aliphatic rings. The van der Waals surface area contributed by atoms with Crippen molar-refractivity contribution in [3.8, 4) is 0 Å². The van der Waals surface area contributed by atoms with Gasteiger partial charge in [0, 0.05) is 25.1 Å². The Morgan fingerprint density at radius 1 is 1.15 bits per heavy atom. The number of benzene rings is 1. The molecule has 0 unspecified atom stereocenters. The zero-order valence-corrected chi connectivity index (χ0v) is 18.6. The van der Waals surface area contributed by atoms with E-state index in [0.717, 1.165) is 55.3 Å². The van der Waals surface area contributed by atoms with Crippen LogP contribution in [0.3, 0.4) is 0 Å². The molecule has 0 radical (unpaired) electrons. The zero-order chi connectivity index (χ0) is 18.1. The molecule has 0 spiro atoms. The molecular formula is C20H31IN4O. The molecule has 144 valence electrons. The van der Waals surface area contributed by atoms with Gasteiger partial charge in [-0.2, -0.15) is 0 Å². The molecule has 0 aliphatic heterocycles. The molecule has 0 bridgehead atoms. The second-order valence-corrected chi connectivity index (χ2v) is 6.10. The molecular weight excluding hydrogens is 439 g/mol. The fourth-order valence-electron chi connectivity index (χ4n) is 2.81. The largest absolute Gasteiger partial charge is 0.361 e. The lowest BCUT2D eigenvalue weighted by Crippen LogP contribution is -2.38. The van der Waals surface area contributed by atoms with E-state index in [1.807, 2.05) is 0 Å². The van der Waals surface area contributed by atoms with E-state index in [1.54, 1.807) is 0 Å². The maximum Gasteiger partial charge on any atom is 0.191 e. The molecule has 0 atom stereocenters. The molecule has 0 fully saturated rings. The van der Waals surface area contributed by atoms with E-state index in [1.165, 1.54) is 11.1 Å². The molecule has 0 saturated heterocycles. The number of aryl methyl sites for hydroxylation is 3. The highest BCUT2D eigenvalue weighted by Gasteiger charge is 2.13. The number of nitrogens with zero attached hydrogens (tertiary/aromatic N) is 2. The summed E-state index contributed by atoms with van der Waals surface area (Å²) in [5, 5.41) is 10.9. The SMILES string of the molecule is CCNC(=NCc1c(CC)noc1CC)NCCc1cccc(C)c1.I. The molecule has 2 N–H and O–H groups in total. The van der Waals surface area contributed by atoms with Gasteiger partial charge in [-0.15, -0.1) is 24.0 Å². The first-order valence-electron chi connectivity index (χ1n) is 9.21. The minimum Gasteiger partial charge on any atom is -0.361 e. The lowest BCUT2D eigenvalue weighted by atomic mass is 10.1. The van der Waals surface area contributed by atoms with Crippen LogP contribution in [0.4, 0.5) is 0 Å². The molecule has 1 aromatic carbocycles. The first kappa shape index (κ1) is 22.5. The Labute approximate surface area is 174 Å². The number of guanidine groups is 1. The van der Waals surface area contributed by atoms with Crippen LogP contribution < -0.4 is 10.6 Å². The van der Waals surface area contributed by atoms with E-state index in [0.29, 0.717) is 6.54 Å². The van der Waals surface area contributed by atoms with Crippen LogP contribution in [-0.2, 0) is 25.8 Å². The third-order valence-corrected chi connectivity index (χ3v) is 4.14. The summed E-state index contributed by atoms with van der Waals surface area (Å²) in [4.78, 5) is 4.72. The highest BCUT2D eigenvalue weighted by molar-refractivity contribution is 14.0. The van der Waals surface area contributed by atoms with Crippen LogP contribution >= 0.6 is 24.0 Å². The molecule has 26 heavy (non-hydrogen) atoms. The van der Waals surface area contributed by atoms with Crippen molar-refractivity contribution in [3.63, 3.8) is 0 Å². The van der Waals surface area contributed by atoms with Gasteiger partial charge in [0.1, 0.15) is 5.76 Å². The Kier molecular flexibility index (Phi) is 10.3. The van der Waals surface area contributed by atoms with Crippen LogP contribution in [0.5, 0.6) is 0 Å². The molecule has 0 amide bonds. The fourth-order valence-corrected chi connectivity index (χ4v) is 2.81. The van der Waals surface area contributed by atoms with E-state index in [2.05, 4.69) is 67.8 Å². The maximum absolute atomic E-state index is 5.42. The van der Waals surface area contributed by atoms with Crippen molar-refractivity contribution in [2.24, 2.45) is 4.99 Å². The van der Waals surface area contributed by atoms with Gasteiger partial charge in [-0.05, 0) is 32.3 Å². The van der Waals surface area contributed by atoms with Crippen LogP contribution in [0.1, 0.15) is 48.9 Å². The van der Waals surface area contributed by atoms with E-state index >= 15 is 0 Å². The summed E-state index contributed by atoms with van der Waals surface area (Å²) in [5.41, 5.74) is 4.77. The molecule has 2 rings (SSSR count). The standard InChI is InChI=1S/C20H30N4O.HI/c1-5-18-17(19(6-2)25-24-18)14-23-20(21-7-3)22-12-11-16-10-8-9-15(4)13-16;/h8-10,13H,5-7,11-12,14H2,1-4H3,(H2,21,22,23);1H. The molecule has 5 nitrogen and oxygen atoms in total. The summed E-state index contributed by atoms with van der Waals surface area (Å²) < 4.78 is 5.42. The topological polar surface area (TPSA) is 62.5 Å². The Hall–Kier alpha value is -1.57. The molecule has 6 heteroatoms. The first-order valence-corrected chi connectivity index (χ1v) is 9.21. The van der Waals surface area contributed by atoms with Gasteiger partial charge in [-0.25, -0.2) is 4.99 Å². The van der Waals surface area contributed by atoms with Crippen LogP contribution in [0.2, 0.25) is 0 Å². The number of nitrogens with one attached hydrogen (secondary N) is 2. The predicted molar refractivity (Wildman–Crippen MR) is 118 cm³/mol. The second kappa shape index (κ2) is 11.9. The number of halogens is 1.